The summed E-state index contributed by atoms with van der Waals surface area (Å²) in [6.07, 6.45) is 0.706. The number of hydrogen-bond acceptors (Lipinski definition) is 5. The molecule has 4 rings (SSSR count). The molecule has 7 nitrogen and oxygen atoms in total. The Morgan fingerprint density at radius 1 is 0.780 bits per heavy atom. The number of carbonyl (C=O) groups is 1. The van der Waals surface area contributed by atoms with E-state index in [4.69, 9.17) is 9.47 Å². The molecule has 0 aromatic heterocycles. The summed E-state index contributed by atoms with van der Waals surface area (Å²) >= 11 is 0. The number of carbonyl (C=O) groups excluding carboxylic acids is 1. The lowest BCUT2D eigenvalue weighted by Crippen LogP contribution is -2.35. The van der Waals surface area contributed by atoms with Crippen LogP contribution >= 0.6 is 0 Å². The maximum Gasteiger partial charge on any atom is 0.264 e. The molecule has 214 valence electrons. The second-order valence-corrected chi connectivity index (χ2v) is 12.0. The highest BCUT2D eigenvalue weighted by Crippen LogP contribution is 2.31. The van der Waals surface area contributed by atoms with Crippen LogP contribution in [0.25, 0.3) is 0 Å². The first-order valence-electron chi connectivity index (χ1n) is 13.5. The average Bonchev–Trinajstić information content (AvgIpc) is 3.00. The monoisotopic (exact) mass is 572 g/mol. The minimum atomic E-state index is -4.06. The molecule has 1 unspecified atom stereocenters. The third-order valence-corrected chi connectivity index (χ3v) is 8.54. The standard InChI is InChI=1S/C33H36N2O5S/c1-24(2)22-31(26-14-16-27(39-3)17-15-26)34-33(36)30-12-8-9-13-32(30)35(23-25-10-6-5-7-11-25)41(37,38)29-20-18-28(40-4)19-21-29/h5-21,24,31H,22-23H2,1-4H3,(H,34,36). The molecule has 0 bridgehead atoms. The maximum atomic E-state index is 14.1. The SMILES string of the molecule is COc1ccc(C(CC(C)C)NC(=O)c2ccccc2N(Cc2ccccc2)S(=O)(=O)c2ccc(OC)cc2)cc1. The first-order chi connectivity index (χ1) is 19.7. The molecule has 8 heteroatoms. The number of nitrogens with one attached hydrogen (secondary N) is 1. The van der Waals surface area contributed by atoms with Gasteiger partial charge in [0, 0.05) is 0 Å². The van der Waals surface area contributed by atoms with E-state index in [1.54, 1.807) is 43.5 Å². The molecule has 1 N–H and O–H groups in total. The molecule has 0 saturated heterocycles. The first kappa shape index (κ1) is 29.7. The Kier molecular flexibility index (Phi) is 9.68. The van der Waals surface area contributed by atoms with E-state index in [0.717, 1.165) is 16.9 Å². The van der Waals surface area contributed by atoms with Crippen molar-refractivity contribution < 1.29 is 22.7 Å². The van der Waals surface area contributed by atoms with Crippen molar-refractivity contribution in [1.29, 1.82) is 0 Å². The van der Waals surface area contributed by atoms with Crippen LogP contribution in [0.5, 0.6) is 11.5 Å². The van der Waals surface area contributed by atoms with Gasteiger partial charge in [0.1, 0.15) is 11.5 Å². The summed E-state index contributed by atoms with van der Waals surface area (Å²) < 4.78 is 40.0. The van der Waals surface area contributed by atoms with E-state index in [1.165, 1.54) is 23.5 Å². The largest absolute Gasteiger partial charge is 0.497 e. The zero-order valence-corrected chi connectivity index (χ0v) is 24.6. The van der Waals surface area contributed by atoms with E-state index >= 15 is 0 Å². The Balaban J connectivity index is 1.75. The summed E-state index contributed by atoms with van der Waals surface area (Å²) in [6, 6.07) is 29.7. The number of benzene rings is 4. The quantitative estimate of drug-likeness (QED) is 0.206. The number of para-hydroxylation sites is 1. The van der Waals surface area contributed by atoms with Crippen LogP contribution in [0.15, 0.2) is 108 Å². The lowest BCUT2D eigenvalue weighted by atomic mass is 9.96. The van der Waals surface area contributed by atoms with Crippen LogP contribution in [-0.2, 0) is 16.6 Å². The zero-order chi connectivity index (χ0) is 29.4. The molecule has 0 aliphatic carbocycles. The normalized spacial score (nSPS) is 12.0. The molecule has 4 aromatic carbocycles. The Bertz CT molecular complexity index is 1540. The van der Waals surface area contributed by atoms with Crippen molar-refractivity contribution in [3.8, 4) is 11.5 Å². The Morgan fingerprint density at radius 3 is 1.93 bits per heavy atom. The van der Waals surface area contributed by atoms with E-state index < -0.39 is 10.0 Å². The summed E-state index contributed by atoms with van der Waals surface area (Å²) in [6.45, 7) is 4.24. The fourth-order valence-electron chi connectivity index (χ4n) is 4.63. The highest BCUT2D eigenvalue weighted by Gasteiger charge is 2.29. The van der Waals surface area contributed by atoms with E-state index in [9.17, 15) is 13.2 Å². The van der Waals surface area contributed by atoms with Gasteiger partial charge < -0.3 is 14.8 Å². The summed E-state index contributed by atoms with van der Waals surface area (Å²) in [7, 11) is -0.919. The molecule has 41 heavy (non-hydrogen) atoms. The summed E-state index contributed by atoms with van der Waals surface area (Å²) in [5, 5.41) is 3.17. The lowest BCUT2D eigenvalue weighted by molar-refractivity contribution is 0.0932. The second kappa shape index (κ2) is 13.4. The average molecular weight is 573 g/mol. The van der Waals surface area contributed by atoms with Gasteiger partial charge in [-0.2, -0.15) is 0 Å². The van der Waals surface area contributed by atoms with Gasteiger partial charge >= 0.3 is 0 Å². The van der Waals surface area contributed by atoms with Crippen LogP contribution in [0.2, 0.25) is 0 Å². The second-order valence-electron chi connectivity index (χ2n) is 10.1. The number of nitrogens with zero attached hydrogens (tertiary/aromatic N) is 1. The number of amides is 1. The molecule has 1 amide bonds. The topological polar surface area (TPSA) is 84.9 Å². The molecule has 0 fully saturated rings. The highest BCUT2D eigenvalue weighted by molar-refractivity contribution is 7.92. The molecule has 0 heterocycles. The Morgan fingerprint density at radius 2 is 1.34 bits per heavy atom. The van der Waals surface area contributed by atoms with Gasteiger partial charge in [-0.1, -0.05) is 68.4 Å². The molecule has 1 atom stereocenters. The van der Waals surface area contributed by atoms with Crippen molar-refractivity contribution in [1.82, 2.24) is 5.32 Å². The van der Waals surface area contributed by atoms with Gasteiger partial charge in [-0.15, -0.1) is 0 Å². The predicted octanol–water partition coefficient (Wildman–Crippen LogP) is 6.62. The summed E-state index contributed by atoms with van der Waals surface area (Å²) in [4.78, 5) is 14.0. The fraction of sp³-hybridized carbons (Fsp3) is 0.242. The van der Waals surface area contributed by atoms with Crippen LogP contribution in [0.1, 0.15) is 47.8 Å². The van der Waals surface area contributed by atoms with Crippen LogP contribution < -0.4 is 19.1 Å². The van der Waals surface area contributed by atoms with Crippen LogP contribution in [0.4, 0.5) is 5.69 Å². The van der Waals surface area contributed by atoms with Gasteiger partial charge in [-0.3, -0.25) is 9.10 Å². The number of methoxy groups -OCH3 is 2. The number of hydrogen-bond donors (Lipinski definition) is 1. The minimum Gasteiger partial charge on any atom is -0.497 e. The Labute approximate surface area is 242 Å². The van der Waals surface area contributed by atoms with E-state index in [1.807, 2.05) is 54.6 Å². The van der Waals surface area contributed by atoms with E-state index in [2.05, 4.69) is 19.2 Å². The van der Waals surface area contributed by atoms with E-state index in [-0.39, 0.29) is 29.0 Å². The van der Waals surface area contributed by atoms with Crippen molar-refractivity contribution in [3.05, 3.63) is 120 Å². The minimum absolute atomic E-state index is 0.0490. The predicted molar refractivity (Wildman–Crippen MR) is 162 cm³/mol. The van der Waals surface area contributed by atoms with Gasteiger partial charge in [0.05, 0.1) is 43.0 Å². The molecule has 4 aromatic rings. The summed E-state index contributed by atoms with van der Waals surface area (Å²) in [5.41, 5.74) is 2.29. The van der Waals surface area contributed by atoms with Crippen LogP contribution in [0.3, 0.4) is 0 Å². The van der Waals surface area contributed by atoms with Crippen molar-refractivity contribution in [2.45, 2.75) is 37.8 Å². The molecule has 0 saturated carbocycles. The molecule has 0 aliphatic rings. The Hall–Kier alpha value is -4.30. The number of sulfonamides is 1. The van der Waals surface area contributed by atoms with Gasteiger partial charge in [0.25, 0.3) is 15.9 Å². The van der Waals surface area contributed by atoms with Gasteiger partial charge in [0.15, 0.2) is 0 Å². The van der Waals surface area contributed by atoms with Crippen molar-refractivity contribution in [2.75, 3.05) is 18.5 Å². The first-order valence-corrected chi connectivity index (χ1v) is 14.9. The molecule has 0 spiro atoms. The van der Waals surface area contributed by atoms with Gasteiger partial charge in [-0.05, 0) is 72.0 Å². The smallest absolute Gasteiger partial charge is 0.264 e. The highest BCUT2D eigenvalue weighted by atomic mass is 32.2. The number of anilines is 1. The van der Waals surface area contributed by atoms with Gasteiger partial charge in [0.2, 0.25) is 0 Å². The molecule has 0 radical (unpaired) electrons. The fourth-order valence-corrected chi connectivity index (χ4v) is 6.10. The third kappa shape index (κ3) is 7.27. The third-order valence-electron chi connectivity index (χ3n) is 6.76. The van der Waals surface area contributed by atoms with Crippen LogP contribution in [-0.4, -0.2) is 28.5 Å². The van der Waals surface area contributed by atoms with Crippen LogP contribution in [0, 0.1) is 5.92 Å². The van der Waals surface area contributed by atoms with Crippen molar-refractivity contribution >= 4 is 21.6 Å². The van der Waals surface area contributed by atoms with Crippen molar-refractivity contribution in [3.63, 3.8) is 0 Å². The number of ether oxygens (including phenoxy) is 2. The maximum absolute atomic E-state index is 14.1. The zero-order valence-electron chi connectivity index (χ0n) is 23.8. The summed E-state index contributed by atoms with van der Waals surface area (Å²) in [5.74, 6) is 1.23. The number of rotatable bonds is 12. The molecule has 0 aliphatic heterocycles. The van der Waals surface area contributed by atoms with E-state index in [0.29, 0.717) is 23.8 Å². The molecular formula is C33H36N2O5S. The van der Waals surface area contributed by atoms with Crippen molar-refractivity contribution in [2.24, 2.45) is 5.92 Å². The lowest BCUT2D eigenvalue weighted by Gasteiger charge is -2.28. The van der Waals surface area contributed by atoms with Gasteiger partial charge in [-0.25, -0.2) is 8.42 Å². The molecular weight excluding hydrogens is 536 g/mol.